The second kappa shape index (κ2) is 10.8. The van der Waals surface area contributed by atoms with Crippen LogP contribution in [0.3, 0.4) is 0 Å². The zero-order valence-corrected chi connectivity index (χ0v) is 18.1. The van der Waals surface area contributed by atoms with Crippen molar-refractivity contribution in [3.05, 3.63) is 56.1 Å². The van der Waals surface area contributed by atoms with E-state index in [0.717, 1.165) is 21.9 Å². The van der Waals surface area contributed by atoms with Crippen LogP contribution in [-0.2, 0) is 15.6 Å². The standard InChI is InChI=1S/C17H17Cl2N3O2S3/c1-2-5-20-16(21-6-8-25-11-17-22-7-9-26-17)12-27(23,24)13-3-4-14(18)15(19)10-13/h1,3-4,7,9-10,12,20-21H,5-6,8,11H2. The Bertz CT molecular complexity index is 923. The molecule has 0 aliphatic carbocycles. The molecule has 27 heavy (non-hydrogen) atoms. The van der Waals surface area contributed by atoms with Crippen LogP contribution in [0.1, 0.15) is 5.01 Å². The highest BCUT2D eigenvalue weighted by Gasteiger charge is 2.15. The van der Waals surface area contributed by atoms with E-state index < -0.39 is 9.84 Å². The molecule has 1 aromatic heterocycles. The number of nitrogens with one attached hydrogen (secondary N) is 2. The van der Waals surface area contributed by atoms with Crippen molar-refractivity contribution in [2.75, 3.05) is 18.8 Å². The van der Waals surface area contributed by atoms with Crippen molar-refractivity contribution < 1.29 is 8.42 Å². The van der Waals surface area contributed by atoms with E-state index in [4.69, 9.17) is 29.6 Å². The Labute approximate surface area is 177 Å². The SMILES string of the molecule is C#CCNC(=CS(=O)(=O)c1ccc(Cl)c(Cl)c1)NCCSCc1nccs1. The summed E-state index contributed by atoms with van der Waals surface area (Å²) in [5.74, 6) is 4.35. The van der Waals surface area contributed by atoms with Crippen molar-refractivity contribution in [2.24, 2.45) is 0 Å². The molecule has 1 heterocycles. The molecule has 1 aromatic carbocycles. The van der Waals surface area contributed by atoms with Crippen molar-refractivity contribution in [3.63, 3.8) is 0 Å². The van der Waals surface area contributed by atoms with Crippen molar-refractivity contribution >= 4 is 56.1 Å². The molecular formula is C17H17Cl2N3O2S3. The Kier molecular flexibility index (Phi) is 8.80. The van der Waals surface area contributed by atoms with Crippen molar-refractivity contribution in [3.8, 4) is 12.3 Å². The van der Waals surface area contributed by atoms with Gasteiger partial charge in [-0.3, -0.25) is 0 Å². The number of rotatable bonds is 10. The molecule has 10 heteroatoms. The van der Waals surface area contributed by atoms with E-state index in [9.17, 15) is 8.42 Å². The number of thioether (sulfide) groups is 1. The molecule has 0 amide bonds. The van der Waals surface area contributed by atoms with E-state index >= 15 is 0 Å². The molecule has 2 N–H and O–H groups in total. The van der Waals surface area contributed by atoms with Gasteiger partial charge in [-0.15, -0.1) is 17.8 Å². The predicted molar refractivity (Wildman–Crippen MR) is 115 cm³/mol. The lowest BCUT2D eigenvalue weighted by Crippen LogP contribution is -2.29. The first-order chi connectivity index (χ1) is 12.9. The molecule has 0 saturated heterocycles. The predicted octanol–water partition coefficient (Wildman–Crippen LogP) is 3.77. The van der Waals surface area contributed by atoms with E-state index in [2.05, 4.69) is 21.5 Å². The summed E-state index contributed by atoms with van der Waals surface area (Å²) < 4.78 is 25.2. The molecule has 2 aromatic rings. The van der Waals surface area contributed by atoms with E-state index in [1.807, 2.05) is 5.38 Å². The van der Waals surface area contributed by atoms with Crippen LogP contribution in [0.15, 0.2) is 45.9 Å². The van der Waals surface area contributed by atoms with Gasteiger partial charge in [-0.2, -0.15) is 11.8 Å². The van der Waals surface area contributed by atoms with Crippen LogP contribution in [0.5, 0.6) is 0 Å². The first kappa shape index (κ1) is 21.9. The number of benzene rings is 1. The van der Waals surface area contributed by atoms with E-state index in [0.29, 0.717) is 17.4 Å². The zero-order valence-electron chi connectivity index (χ0n) is 14.1. The molecular weight excluding hydrogens is 445 g/mol. The smallest absolute Gasteiger partial charge is 0.203 e. The van der Waals surface area contributed by atoms with Crippen LogP contribution in [-0.4, -0.2) is 32.2 Å². The van der Waals surface area contributed by atoms with Gasteiger partial charge in [-0.05, 0) is 18.2 Å². The Balaban J connectivity index is 2.00. The summed E-state index contributed by atoms with van der Waals surface area (Å²) in [6.07, 6.45) is 7.03. The third-order valence-electron chi connectivity index (χ3n) is 3.14. The third kappa shape index (κ3) is 7.28. The Morgan fingerprint density at radius 2 is 2.15 bits per heavy atom. The van der Waals surface area contributed by atoms with Crippen LogP contribution in [0, 0.1) is 12.3 Å². The van der Waals surface area contributed by atoms with Gasteiger partial charge in [0.05, 0.1) is 26.9 Å². The summed E-state index contributed by atoms with van der Waals surface area (Å²) >= 11 is 15.1. The van der Waals surface area contributed by atoms with Gasteiger partial charge in [0.2, 0.25) is 9.84 Å². The molecule has 144 valence electrons. The van der Waals surface area contributed by atoms with Crippen molar-refractivity contribution in [2.45, 2.75) is 10.6 Å². The highest BCUT2D eigenvalue weighted by Crippen LogP contribution is 2.25. The van der Waals surface area contributed by atoms with Gasteiger partial charge < -0.3 is 10.6 Å². The van der Waals surface area contributed by atoms with Crippen LogP contribution < -0.4 is 10.6 Å². The number of terminal acetylenes is 1. The van der Waals surface area contributed by atoms with Gasteiger partial charge in [-0.25, -0.2) is 13.4 Å². The van der Waals surface area contributed by atoms with E-state index in [1.165, 1.54) is 18.2 Å². The van der Waals surface area contributed by atoms with Gasteiger partial charge in [0.25, 0.3) is 0 Å². The average Bonchev–Trinajstić information content (AvgIpc) is 3.14. The van der Waals surface area contributed by atoms with Crippen LogP contribution in [0.25, 0.3) is 0 Å². The molecule has 0 spiro atoms. The minimum Gasteiger partial charge on any atom is -0.370 e. The molecule has 0 atom stereocenters. The number of sulfone groups is 1. The van der Waals surface area contributed by atoms with E-state index in [1.54, 1.807) is 29.3 Å². The number of nitrogens with zero attached hydrogens (tertiary/aromatic N) is 1. The maximum Gasteiger partial charge on any atom is 0.203 e. The quantitative estimate of drug-likeness (QED) is 0.414. The maximum atomic E-state index is 12.6. The van der Waals surface area contributed by atoms with E-state index in [-0.39, 0.29) is 16.5 Å². The number of hydrogen-bond acceptors (Lipinski definition) is 7. The minimum absolute atomic E-state index is 0.0526. The highest BCUT2D eigenvalue weighted by molar-refractivity contribution is 7.98. The summed E-state index contributed by atoms with van der Waals surface area (Å²) in [6, 6.07) is 4.17. The van der Waals surface area contributed by atoms with Crippen molar-refractivity contribution in [1.29, 1.82) is 0 Å². The summed E-state index contributed by atoms with van der Waals surface area (Å²) in [5, 5.41) is 10.5. The summed E-state index contributed by atoms with van der Waals surface area (Å²) in [7, 11) is -3.72. The van der Waals surface area contributed by atoms with Gasteiger partial charge in [0, 0.05) is 29.6 Å². The third-order valence-corrected chi connectivity index (χ3v) is 7.27. The fourth-order valence-corrected chi connectivity index (χ4v) is 4.99. The largest absolute Gasteiger partial charge is 0.370 e. The lowest BCUT2D eigenvalue weighted by molar-refractivity contribution is 0.603. The monoisotopic (exact) mass is 461 g/mol. The van der Waals surface area contributed by atoms with Gasteiger partial charge in [0.15, 0.2) is 0 Å². The Morgan fingerprint density at radius 1 is 1.33 bits per heavy atom. The lowest BCUT2D eigenvalue weighted by atomic mass is 10.4. The molecule has 0 unspecified atom stereocenters. The second-order valence-electron chi connectivity index (χ2n) is 5.12. The molecule has 0 aliphatic heterocycles. The van der Waals surface area contributed by atoms with Gasteiger partial charge in [-0.1, -0.05) is 29.1 Å². The summed E-state index contributed by atoms with van der Waals surface area (Å²) in [5.41, 5.74) is 0. The first-order valence-electron chi connectivity index (χ1n) is 7.71. The maximum absolute atomic E-state index is 12.6. The Morgan fingerprint density at radius 3 is 2.81 bits per heavy atom. The molecule has 0 aliphatic rings. The lowest BCUT2D eigenvalue weighted by Gasteiger charge is -2.12. The molecule has 0 fully saturated rings. The number of hydrogen-bond donors (Lipinski definition) is 2. The summed E-state index contributed by atoms with van der Waals surface area (Å²) in [4.78, 5) is 4.27. The number of thiazole rings is 1. The fraction of sp³-hybridized carbons (Fsp3) is 0.235. The zero-order chi connectivity index (χ0) is 19.7. The second-order valence-corrected chi connectivity index (χ2v) is 9.81. The van der Waals surface area contributed by atoms with Crippen LogP contribution >= 0.6 is 46.3 Å². The highest BCUT2D eigenvalue weighted by atomic mass is 35.5. The summed E-state index contributed by atoms with van der Waals surface area (Å²) in [6.45, 7) is 0.762. The molecule has 0 radical (unpaired) electrons. The minimum atomic E-state index is -3.72. The van der Waals surface area contributed by atoms with Crippen LogP contribution in [0.4, 0.5) is 0 Å². The average molecular weight is 462 g/mol. The van der Waals surface area contributed by atoms with Crippen LogP contribution in [0.2, 0.25) is 10.0 Å². The van der Waals surface area contributed by atoms with Gasteiger partial charge >= 0.3 is 0 Å². The Hall–Kier alpha value is -1.37. The fourth-order valence-electron chi connectivity index (χ4n) is 1.91. The first-order valence-corrected chi connectivity index (χ1v) is 12.0. The van der Waals surface area contributed by atoms with Gasteiger partial charge in [0.1, 0.15) is 10.8 Å². The molecule has 2 rings (SSSR count). The molecule has 0 saturated carbocycles. The normalized spacial score (nSPS) is 11.8. The van der Waals surface area contributed by atoms with Crippen molar-refractivity contribution in [1.82, 2.24) is 15.6 Å². The topological polar surface area (TPSA) is 71.1 Å². The number of aromatic nitrogens is 1. The molecule has 0 bridgehead atoms. The number of halogens is 2. The molecule has 5 nitrogen and oxygen atoms in total.